The second-order valence-corrected chi connectivity index (χ2v) is 8.33. The molecule has 2 N–H and O–H groups in total. The van der Waals surface area contributed by atoms with Crippen LogP contribution < -0.4 is 10.6 Å². The highest BCUT2D eigenvalue weighted by molar-refractivity contribution is 7.18. The number of nitrogens with zero attached hydrogens (tertiary/aromatic N) is 4. The van der Waals surface area contributed by atoms with Crippen LogP contribution in [-0.2, 0) is 11.3 Å². The number of aromatic nitrogens is 3. The fraction of sp³-hybridized carbons (Fsp3) is 0.261. The quantitative estimate of drug-likeness (QED) is 0.539. The molecular formula is C23H23N5OS. The lowest BCUT2D eigenvalue weighted by Crippen LogP contribution is -2.44. The number of fused-ring (bicyclic) bond motifs is 1. The van der Waals surface area contributed by atoms with E-state index in [0.717, 1.165) is 50.7 Å². The summed E-state index contributed by atoms with van der Waals surface area (Å²) in [7, 11) is 0. The predicted molar refractivity (Wildman–Crippen MR) is 122 cm³/mol. The van der Waals surface area contributed by atoms with E-state index in [2.05, 4.69) is 22.2 Å². The molecule has 1 aromatic carbocycles. The SMILES string of the molecule is C[C@@H]1COCCN1c1nc(-c2ccc(CN)cc2)nc2c(-c3ccncc3)csc12. The van der Waals surface area contributed by atoms with Gasteiger partial charge in [0.2, 0.25) is 0 Å². The van der Waals surface area contributed by atoms with Crippen LogP contribution in [0.25, 0.3) is 32.7 Å². The molecule has 1 atom stereocenters. The van der Waals surface area contributed by atoms with Crippen molar-refractivity contribution in [3.8, 4) is 22.5 Å². The minimum atomic E-state index is 0.260. The molecule has 0 unspecified atom stereocenters. The second-order valence-electron chi connectivity index (χ2n) is 7.45. The summed E-state index contributed by atoms with van der Waals surface area (Å²) in [5, 5.41) is 2.17. The lowest BCUT2D eigenvalue weighted by Gasteiger charge is -2.34. The zero-order chi connectivity index (χ0) is 20.5. The molecule has 0 bridgehead atoms. The van der Waals surface area contributed by atoms with Crippen LogP contribution in [0.15, 0.2) is 54.2 Å². The Balaban J connectivity index is 1.71. The number of hydrogen-bond donors (Lipinski definition) is 1. The van der Waals surface area contributed by atoms with Crippen molar-refractivity contribution in [1.82, 2.24) is 15.0 Å². The first-order valence-corrected chi connectivity index (χ1v) is 11.0. The van der Waals surface area contributed by atoms with Gasteiger partial charge in [-0.3, -0.25) is 4.98 Å². The molecular weight excluding hydrogens is 394 g/mol. The average molecular weight is 418 g/mol. The van der Waals surface area contributed by atoms with Crippen LogP contribution in [0.5, 0.6) is 0 Å². The Morgan fingerprint density at radius 1 is 1.10 bits per heavy atom. The average Bonchev–Trinajstić information content (AvgIpc) is 3.24. The van der Waals surface area contributed by atoms with E-state index >= 15 is 0 Å². The summed E-state index contributed by atoms with van der Waals surface area (Å²) in [5.41, 5.74) is 11.1. The number of rotatable bonds is 4. The van der Waals surface area contributed by atoms with E-state index in [0.29, 0.717) is 19.8 Å². The largest absolute Gasteiger partial charge is 0.377 e. The van der Waals surface area contributed by atoms with Gasteiger partial charge < -0.3 is 15.4 Å². The Hall–Kier alpha value is -2.87. The Bertz CT molecular complexity index is 1160. The maximum absolute atomic E-state index is 5.77. The van der Waals surface area contributed by atoms with E-state index in [4.69, 9.17) is 20.4 Å². The Morgan fingerprint density at radius 2 is 1.90 bits per heavy atom. The first-order chi connectivity index (χ1) is 14.7. The molecule has 3 aromatic heterocycles. The molecule has 152 valence electrons. The van der Waals surface area contributed by atoms with E-state index in [9.17, 15) is 0 Å². The normalized spacial score (nSPS) is 16.9. The number of morpholine rings is 1. The van der Waals surface area contributed by atoms with Gasteiger partial charge in [-0.05, 0) is 30.2 Å². The van der Waals surface area contributed by atoms with Crippen molar-refractivity contribution in [1.29, 1.82) is 0 Å². The smallest absolute Gasteiger partial charge is 0.162 e. The molecule has 0 amide bonds. The standard InChI is InChI=1S/C23H23N5OS/c1-15-13-29-11-10-28(15)23-21-20(19(14-30-21)17-6-8-25-9-7-17)26-22(27-23)18-4-2-16(12-24)3-5-18/h2-9,14-15H,10-13,24H2,1H3/t15-/m1/s1. The van der Waals surface area contributed by atoms with Gasteiger partial charge in [-0.15, -0.1) is 11.3 Å². The van der Waals surface area contributed by atoms with Crippen molar-refractivity contribution in [2.24, 2.45) is 5.73 Å². The highest BCUT2D eigenvalue weighted by atomic mass is 32.1. The fourth-order valence-corrected chi connectivity index (χ4v) is 4.81. The van der Waals surface area contributed by atoms with Gasteiger partial charge in [0.05, 0.1) is 29.5 Å². The summed E-state index contributed by atoms with van der Waals surface area (Å²) >= 11 is 1.70. The summed E-state index contributed by atoms with van der Waals surface area (Å²) in [5.74, 6) is 1.72. The molecule has 1 saturated heterocycles. The summed E-state index contributed by atoms with van der Waals surface area (Å²) in [6, 6.07) is 12.5. The first-order valence-electron chi connectivity index (χ1n) is 10.1. The molecule has 30 heavy (non-hydrogen) atoms. The first kappa shape index (κ1) is 19.1. The fourth-order valence-electron chi connectivity index (χ4n) is 3.80. The van der Waals surface area contributed by atoms with Gasteiger partial charge in [0.1, 0.15) is 0 Å². The van der Waals surface area contributed by atoms with E-state index < -0.39 is 0 Å². The molecule has 0 aliphatic carbocycles. The second kappa shape index (κ2) is 8.10. The number of nitrogens with two attached hydrogens (primary N) is 1. The number of pyridine rings is 1. The van der Waals surface area contributed by atoms with Crippen molar-refractivity contribution in [3.63, 3.8) is 0 Å². The number of thiophene rings is 1. The Labute approximate surface area is 179 Å². The number of ether oxygens (including phenoxy) is 1. The number of hydrogen-bond acceptors (Lipinski definition) is 7. The molecule has 1 fully saturated rings. The van der Waals surface area contributed by atoms with Crippen molar-refractivity contribution < 1.29 is 4.74 Å². The molecule has 6 nitrogen and oxygen atoms in total. The molecule has 1 aliphatic rings. The van der Waals surface area contributed by atoms with Gasteiger partial charge in [-0.2, -0.15) is 0 Å². The van der Waals surface area contributed by atoms with Gasteiger partial charge in [0.15, 0.2) is 11.6 Å². The molecule has 0 saturated carbocycles. The summed E-state index contributed by atoms with van der Waals surface area (Å²) in [4.78, 5) is 16.5. The lowest BCUT2D eigenvalue weighted by atomic mass is 10.1. The number of benzene rings is 1. The van der Waals surface area contributed by atoms with Crippen molar-refractivity contribution in [3.05, 3.63) is 59.7 Å². The summed E-state index contributed by atoms with van der Waals surface area (Å²) in [6.07, 6.45) is 3.63. The molecule has 5 rings (SSSR count). The third-order valence-electron chi connectivity index (χ3n) is 5.48. The maximum atomic E-state index is 5.77. The van der Waals surface area contributed by atoms with Gasteiger partial charge in [0, 0.05) is 42.0 Å². The van der Waals surface area contributed by atoms with Crippen LogP contribution in [0.3, 0.4) is 0 Å². The van der Waals surface area contributed by atoms with Crippen molar-refractivity contribution >= 4 is 27.4 Å². The van der Waals surface area contributed by atoms with Crippen LogP contribution >= 0.6 is 11.3 Å². The van der Waals surface area contributed by atoms with Crippen LogP contribution in [0, 0.1) is 0 Å². The van der Waals surface area contributed by atoms with Crippen LogP contribution in [-0.4, -0.2) is 40.8 Å². The van der Waals surface area contributed by atoms with Gasteiger partial charge in [-0.25, -0.2) is 9.97 Å². The minimum absolute atomic E-state index is 0.260. The topological polar surface area (TPSA) is 77.2 Å². The molecule has 1 aliphatic heterocycles. The Kier molecular flexibility index (Phi) is 5.16. The van der Waals surface area contributed by atoms with Crippen molar-refractivity contribution in [2.45, 2.75) is 19.5 Å². The van der Waals surface area contributed by atoms with E-state index in [1.54, 1.807) is 11.3 Å². The van der Waals surface area contributed by atoms with Crippen molar-refractivity contribution in [2.75, 3.05) is 24.7 Å². The van der Waals surface area contributed by atoms with E-state index in [1.807, 2.05) is 48.8 Å². The molecule has 7 heteroatoms. The maximum Gasteiger partial charge on any atom is 0.162 e. The number of anilines is 1. The molecule has 4 heterocycles. The van der Waals surface area contributed by atoms with Gasteiger partial charge in [0.25, 0.3) is 0 Å². The Morgan fingerprint density at radius 3 is 2.63 bits per heavy atom. The zero-order valence-electron chi connectivity index (χ0n) is 16.8. The molecule has 4 aromatic rings. The summed E-state index contributed by atoms with van der Waals surface area (Å²) in [6.45, 7) is 4.93. The predicted octanol–water partition coefficient (Wildman–Crippen LogP) is 4.10. The zero-order valence-corrected chi connectivity index (χ0v) is 17.6. The third kappa shape index (κ3) is 3.45. The van der Waals surface area contributed by atoms with E-state index in [-0.39, 0.29) is 6.04 Å². The van der Waals surface area contributed by atoms with E-state index in [1.165, 1.54) is 0 Å². The molecule has 0 spiro atoms. The van der Waals surface area contributed by atoms with Gasteiger partial charge >= 0.3 is 0 Å². The molecule has 0 radical (unpaired) electrons. The van der Waals surface area contributed by atoms with Crippen LogP contribution in [0.4, 0.5) is 5.82 Å². The highest BCUT2D eigenvalue weighted by Gasteiger charge is 2.25. The van der Waals surface area contributed by atoms with Crippen LogP contribution in [0.1, 0.15) is 12.5 Å². The minimum Gasteiger partial charge on any atom is -0.377 e. The van der Waals surface area contributed by atoms with Crippen LogP contribution in [0.2, 0.25) is 0 Å². The monoisotopic (exact) mass is 417 g/mol. The van der Waals surface area contributed by atoms with Gasteiger partial charge in [-0.1, -0.05) is 24.3 Å². The summed E-state index contributed by atoms with van der Waals surface area (Å²) < 4.78 is 6.77. The lowest BCUT2D eigenvalue weighted by molar-refractivity contribution is 0.0987. The third-order valence-corrected chi connectivity index (χ3v) is 6.44. The highest BCUT2D eigenvalue weighted by Crippen LogP contribution is 2.39.